The molecule has 2 N–H and O–H groups in total. The largest absolute Gasteiger partial charge is 0.481 e. The lowest BCUT2D eigenvalue weighted by atomic mass is 9.98. The Kier molecular flexibility index (Phi) is 13.4. The van der Waals surface area contributed by atoms with Crippen LogP contribution in [0.1, 0.15) is 84.0 Å². The summed E-state index contributed by atoms with van der Waals surface area (Å²) in [6, 6.07) is 0. The number of unbranched alkanes of at least 4 members (excludes halogenated alkanes) is 8. The number of carboxylic acid groups (broad SMARTS) is 1. The fourth-order valence-electron chi connectivity index (χ4n) is 3.51. The van der Waals surface area contributed by atoms with Gasteiger partial charge in [0.25, 0.3) is 0 Å². The van der Waals surface area contributed by atoms with Crippen LogP contribution in [0.4, 0.5) is 0 Å². The van der Waals surface area contributed by atoms with Crippen LogP contribution in [0.5, 0.6) is 0 Å². The van der Waals surface area contributed by atoms with Gasteiger partial charge in [-0.2, -0.15) is 17.2 Å². The summed E-state index contributed by atoms with van der Waals surface area (Å²) in [5.41, 5.74) is 2.03. The second-order valence-electron chi connectivity index (χ2n) is 7.70. The molecular weight excluding hydrogens is 394 g/mol. The van der Waals surface area contributed by atoms with Gasteiger partial charge in [-0.05, 0) is 25.0 Å². The van der Waals surface area contributed by atoms with Gasteiger partial charge >= 0.3 is 11.9 Å². The zero-order valence-corrected chi connectivity index (χ0v) is 18.3. The molecule has 1 aliphatic rings. The second-order valence-corrected chi connectivity index (χ2v) is 8.85. The molecule has 29 heavy (non-hydrogen) atoms. The van der Waals surface area contributed by atoms with Crippen LogP contribution in [0.2, 0.25) is 0 Å². The van der Waals surface area contributed by atoms with Gasteiger partial charge in [-0.3, -0.25) is 14.4 Å². The van der Waals surface area contributed by atoms with Gasteiger partial charge in [-0.15, -0.1) is 0 Å². The Bertz CT molecular complexity index is 539. The standard InChI is InChI=1S/C21H35NO6S/c1-16(23)22-28-20(25)11-9-7-5-3-2-4-6-8-10-14-29-15-18-17(21(26)27)12-13-19(18)24/h17-18H,2-15H2,1H3,(H,22,23)(H,26,27). The van der Waals surface area contributed by atoms with E-state index < -0.39 is 17.9 Å². The first-order valence-electron chi connectivity index (χ1n) is 10.7. The van der Waals surface area contributed by atoms with E-state index in [0.29, 0.717) is 25.0 Å². The van der Waals surface area contributed by atoms with Gasteiger partial charge in [0.15, 0.2) is 0 Å². The normalized spacial score (nSPS) is 18.6. The zero-order chi connectivity index (χ0) is 21.5. The molecule has 0 aromatic heterocycles. The third kappa shape index (κ3) is 11.9. The molecule has 7 nitrogen and oxygen atoms in total. The fourth-order valence-corrected chi connectivity index (χ4v) is 4.76. The van der Waals surface area contributed by atoms with Crippen LogP contribution >= 0.6 is 11.8 Å². The Morgan fingerprint density at radius 1 is 1.03 bits per heavy atom. The van der Waals surface area contributed by atoms with Crippen molar-refractivity contribution in [1.29, 1.82) is 0 Å². The molecule has 0 aromatic rings. The Morgan fingerprint density at radius 3 is 2.21 bits per heavy atom. The number of carboxylic acids is 1. The van der Waals surface area contributed by atoms with Gasteiger partial charge in [0, 0.05) is 31.4 Å². The number of ketones is 1. The number of nitrogens with one attached hydrogen (secondary N) is 1. The minimum atomic E-state index is -0.827. The van der Waals surface area contributed by atoms with Crippen molar-refractivity contribution in [3.63, 3.8) is 0 Å². The molecule has 2 atom stereocenters. The highest BCUT2D eigenvalue weighted by molar-refractivity contribution is 7.99. The Balaban J connectivity index is 1.86. The fraction of sp³-hybridized carbons (Fsp3) is 0.810. The molecule has 0 saturated heterocycles. The maximum Gasteiger partial charge on any atom is 0.332 e. The molecule has 0 spiro atoms. The minimum absolute atomic E-state index is 0.120. The van der Waals surface area contributed by atoms with Gasteiger partial charge in [0.1, 0.15) is 5.78 Å². The quantitative estimate of drug-likeness (QED) is 0.300. The number of rotatable bonds is 15. The number of carbonyl (C=O) groups excluding carboxylic acids is 3. The molecule has 166 valence electrons. The van der Waals surface area contributed by atoms with Crippen LogP contribution in [-0.2, 0) is 24.0 Å². The van der Waals surface area contributed by atoms with Gasteiger partial charge in [0.2, 0.25) is 5.91 Å². The number of hydrogen-bond acceptors (Lipinski definition) is 6. The molecule has 1 aliphatic carbocycles. The topological polar surface area (TPSA) is 110 Å². The van der Waals surface area contributed by atoms with Crippen LogP contribution in [0, 0.1) is 11.8 Å². The summed E-state index contributed by atoms with van der Waals surface area (Å²) in [4.78, 5) is 49.4. The van der Waals surface area contributed by atoms with E-state index in [-0.39, 0.29) is 17.6 Å². The molecule has 8 heteroatoms. The van der Waals surface area contributed by atoms with Gasteiger partial charge < -0.3 is 9.94 Å². The molecule has 0 bridgehead atoms. The number of hydroxylamine groups is 1. The first-order valence-corrected chi connectivity index (χ1v) is 11.9. The second kappa shape index (κ2) is 15.3. The third-order valence-electron chi connectivity index (χ3n) is 5.19. The molecule has 0 radical (unpaired) electrons. The van der Waals surface area contributed by atoms with E-state index in [2.05, 4.69) is 4.84 Å². The highest BCUT2D eigenvalue weighted by atomic mass is 32.2. The van der Waals surface area contributed by atoms with Crippen LogP contribution in [0.15, 0.2) is 0 Å². The van der Waals surface area contributed by atoms with Crippen LogP contribution in [-0.4, -0.2) is 40.2 Å². The molecule has 0 aliphatic heterocycles. The first-order chi connectivity index (χ1) is 13.9. The number of Topliss-reactive ketones (excluding diaryl/α,β-unsaturated/α-hetero) is 1. The molecule has 1 rings (SSSR count). The van der Waals surface area contributed by atoms with Crippen LogP contribution < -0.4 is 5.48 Å². The maximum atomic E-state index is 11.8. The van der Waals surface area contributed by atoms with Gasteiger partial charge in [0.05, 0.1) is 5.92 Å². The van der Waals surface area contributed by atoms with E-state index in [1.165, 1.54) is 32.6 Å². The Morgan fingerprint density at radius 2 is 1.62 bits per heavy atom. The monoisotopic (exact) mass is 429 g/mol. The Hall–Kier alpha value is -1.57. The first kappa shape index (κ1) is 25.5. The zero-order valence-electron chi connectivity index (χ0n) is 17.5. The smallest absolute Gasteiger partial charge is 0.332 e. The summed E-state index contributed by atoms with van der Waals surface area (Å²) >= 11 is 1.71. The van der Waals surface area contributed by atoms with E-state index >= 15 is 0 Å². The van der Waals surface area contributed by atoms with Crippen LogP contribution in [0.25, 0.3) is 0 Å². The van der Waals surface area contributed by atoms with Gasteiger partial charge in [-0.1, -0.05) is 44.9 Å². The third-order valence-corrected chi connectivity index (χ3v) is 6.37. The van der Waals surface area contributed by atoms with Crippen molar-refractivity contribution < 1.29 is 29.1 Å². The highest BCUT2D eigenvalue weighted by Gasteiger charge is 2.38. The summed E-state index contributed by atoms with van der Waals surface area (Å²) in [6.45, 7) is 1.29. The summed E-state index contributed by atoms with van der Waals surface area (Å²) < 4.78 is 0. The number of aliphatic carboxylic acids is 1. The number of hydrogen-bond donors (Lipinski definition) is 2. The van der Waals surface area contributed by atoms with E-state index in [0.717, 1.165) is 37.9 Å². The van der Waals surface area contributed by atoms with Gasteiger partial charge in [-0.25, -0.2) is 4.79 Å². The lowest BCUT2D eigenvalue weighted by Crippen LogP contribution is -2.24. The number of carbonyl (C=O) groups is 4. The maximum absolute atomic E-state index is 11.8. The molecule has 1 amide bonds. The van der Waals surface area contributed by atoms with Crippen molar-refractivity contribution in [2.45, 2.75) is 84.0 Å². The minimum Gasteiger partial charge on any atom is -0.481 e. The lowest BCUT2D eigenvalue weighted by Gasteiger charge is -2.13. The molecule has 2 unspecified atom stereocenters. The summed E-state index contributed by atoms with van der Waals surface area (Å²) in [6.07, 6.45) is 11.2. The van der Waals surface area contributed by atoms with E-state index in [4.69, 9.17) is 5.11 Å². The molecule has 0 aromatic carbocycles. The van der Waals surface area contributed by atoms with E-state index in [9.17, 15) is 19.2 Å². The average Bonchev–Trinajstić information content (AvgIpc) is 3.04. The van der Waals surface area contributed by atoms with Crippen molar-refractivity contribution in [1.82, 2.24) is 5.48 Å². The van der Waals surface area contributed by atoms with E-state index in [1.54, 1.807) is 11.8 Å². The van der Waals surface area contributed by atoms with Crippen molar-refractivity contribution in [2.24, 2.45) is 11.8 Å². The summed E-state index contributed by atoms with van der Waals surface area (Å²) in [7, 11) is 0. The number of thioether (sulfide) groups is 1. The van der Waals surface area contributed by atoms with Crippen molar-refractivity contribution in [3.8, 4) is 0 Å². The molecular formula is C21H35NO6S. The van der Waals surface area contributed by atoms with Crippen molar-refractivity contribution in [3.05, 3.63) is 0 Å². The highest BCUT2D eigenvalue weighted by Crippen LogP contribution is 2.31. The Labute approximate surface area is 177 Å². The average molecular weight is 430 g/mol. The summed E-state index contributed by atoms with van der Waals surface area (Å²) in [5.74, 6) is -0.608. The lowest BCUT2D eigenvalue weighted by molar-refractivity contribution is -0.157. The molecule has 0 heterocycles. The predicted molar refractivity (Wildman–Crippen MR) is 112 cm³/mol. The SMILES string of the molecule is CC(=O)NOC(=O)CCCCCCCCCCCSCC1C(=O)CCC1C(=O)O. The predicted octanol–water partition coefficient (Wildman–Crippen LogP) is 3.89. The molecule has 1 saturated carbocycles. The van der Waals surface area contributed by atoms with Crippen molar-refractivity contribution in [2.75, 3.05) is 11.5 Å². The number of amides is 1. The van der Waals surface area contributed by atoms with Crippen molar-refractivity contribution >= 4 is 35.4 Å². The van der Waals surface area contributed by atoms with E-state index in [1.807, 2.05) is 5.48 Å². The summed E-state index contributed by atoms with van der Waals surface area (Å²) in [5, 5.41) is 9.16. The molecule has 1 fully saturated rings. The van der Waals surface area contributed by atoms with Crippen LogP contribution in [0.3, 0.4) is 0 Å².